The minimum Gasteiger partial charge on any atom is -0.391 e. The van der Waals surface area contributed by atoms with E-state index < -0.39 is 17.4 Å². The Morgan fingerprint density at radius 1 is 1.05 bits per heavy atom. The van der Waals surface area contributed by atoms with Crippen LogP contribution in [0, 0.1) is 0 Å². The Morgan fingerprint density at radius 3 is 2.19 bits per heavy atom. The highest BCUT2D eigenvalue weighted by atomic mass is 16.3. The zero-order valence-corrected chi connectivity index (χ0v) is 11.6. The zero-order valence-electron chi connectivity index (χ0n) is 11.6. The van der Waals surface area contributed by atoms with Crippen LogP contribution in [0.15, 0.2) is 66.7 Å². The minimum atomic E-state index is -1.15. The Kier molecular flexibility index (Phi) is 3.35. The molecule has 2 unspecified atom stereocenters. The molecule has 0 saturated heterocycles. The maximum atomic E-state index is 12.1. The third kappa shape index (κ3) is 2.16. The zero-order chi connectivity index (χ0) is 14.9. The van der Waals surface area contributed by atoms with Crippen LogP contribution in [0.1, 0.15) is 17.5 Å². The molecule has 0 spiro atoms. The third-order valence-electron chi connectivity index (χ3n) is 4.14. The molecule has 106 valence electrons. The Hall–Kier alpha value is -2.39. The maximum absolute atomic E-state index is 12.1. The third-order valence-corrected chi connectivity index (χ3v) is 4.14. The second-order valence-electron chi connectivity index (χ2n) is 5.35. The average Bonchev–Trinajstić information content (AvgIpc) is 2.88. The lowest BCUT2D eigenvalue weighted by Gasteiger charge is -2.28. The quantitative estimate of drug-likeness (QED) is 0.905. The van der Waals surface area contributed by atoms with Crippen LogP contribution < -0.4 is 5.73 Å². The maximum Gasteiger partial charge on any atom is 0.234 e. The van der Waals surface area contributed by atoms with E-state index in [1.165, 1.54) is 0 Å². The molecule has 1 amide bonds. The summed E-state index contributed by atoms with van der Waals surface area (Å²) in [6, 6.07) is 19.0. The van der Waals surface area contributed by atoms with Gasteiger partial charge in [0.05, 0.1) is 6.10 Å². The molecule has 0 heterocycles. The van der Waals surface area contributed by atoms with Crippen LogP contribution in [0.4, 0.5) is 0 Å². The van der Waals surface area contributed by atoms with Crippen LogP contribution in [0.25, 0.3) is 5.57 Å². The number of primary amides is 1. The predicted molar refractivity (Wildman–Crippen MR) is 82.4 cm³/mol. The Bertz CT molecular complexity index is 679. The lowest BCUT2D eigenvalue weighted by molar-refractivity contribution is -0.124. The number of aliphatic hydroxyl groups is 1. The first-order chi connectivity index (χ1) is 10.1. The number of aliphatic hydroxyl groups excluding tert-OH is 1. The molecule has 0 bridgehead atoms. The Balaban J connectivity index is 2.13. The Morgan fingerprint density at radius 2 is 1.62 bits per heavy atom. The van der Waals surface area contributed by atoms with Crippen LogP contribution >= 0.6 is 0 Å². The molecule has 2 aromatic carbocycles. The minimum absolute atomic E-state index is 0.418. The molecule has 21 heavy (non-hydrogen) atoms. The van der Waals surface area contributed by atoms with E-state index in [1.54, 1.807) is 0 Å². The molecule has 3 N–H and O–H groups in total. The molecule has 0 aromatic heterocycles. The first kappa shape index (κ1) is 13.6. The van der Waals surface area contributed by atoms with E-state index in [0.717, 1.165) is 16.7 Å². The molecule has 0 saturated carbocycles. The van der Waals surface area contributed by atoms with E-state index in [4.69, 9.17) is 5.73 Å². The second-order valence-corrected chi connectivity index (χ2v) is 5.35. The van der Waals surface area contributed by atoms with Crippen molar-refractivity contribution in [3.63, 3.8) is 0 Å². The van der Waals surface area contributed by atoms with Gasteiger partial charge < -0.3 is 10.8 Å². The van der Waals surface area contributed by atoms with E-state index in [9.17, 15) is 9.90 Å². The standard InChI is InChI=1S/C18H17NO2/c19-17(21)18(15-9-5-2-6-10-15)12-14(11-16(18)20)13-7-3-1-4-8-13/h1-10,12,16,20H,11H2,(H2,19,21). The summed E-state index contributed by atoms with van der Waals surface area (Å²) in [5.41, 5.74) is 7.20. The molecule has 3 rings (SSSR count). The van der Waals surface area contributed by atoms with Gasteiger partial charge in [0, 0.05) is 6.42 Å². The van der Waals surface area contributed by atoms with Crippen molar-refractivity contribution < 1.29 is 9.90 Å². The van der Waals surface area contributed by atoms with Gasteiger partial charge in [0.1, 0.15) is 5.41 Å². The van der Waals surface area contributed by atoms with Crippen molar-refractivity contribution in [1.82, 2.24) is 0 Å². The number of carbonyl (C=O) groups is 1. The fraction of sp³-hybridized carbons (Fsp3) is 0.167. The van der Waals surface area contributed by atoms with Gasteiger partial charge in [-0.25, -0.2) is 0 Å². The summed E-state index contributed by atoms with van der Waals surface area (Å²) < 4.78 is 0. The highest BCUT2D eigenvalue weighted by Gasteiger charge is 2.47. The number of nitrogens with two attached hydrogens (primary N) is 1. The van der Waals surface area contributed by atoms with Gasteiger partial charge in [0.15, 0.2) is 0 Å². The molecule has 0 radical (unpaired) electrons. The first-order valence-corrected chi connectivity index (χ1v) is 6.95. The van der Waals surface area contributed by atoms with Crippen molar-refractivity contribution in [2.45, 2.75) is 17.9 Å². The SMILES string of the molecule is NC(=O)C1(c2ccccc2)C=C(c2ccccc2)CC1O. The number of benzene rings is 2. The molecule has 1 aliphatic carbocycles. The molecule has 2 atom stereocenters. The number of hydrogen-bond donors (Lipinski definition) is 2. The highest BCUT2D eigenvalue weighted by molar-refractivity contribution is 5.94. The van der Waals surface area contributed by atoms with Crippen molar-refractivity contribution in [2.75, 3.05) is 0 Å². The van der Waals surface area contributed by atoms with E-state index >= 15 is 0 Å². The van der Waals surface area contributed by atoms with Crippen LogP contribution in [0.2, 0.25) is 0 Å². The van der Waals surface area contributed by atoms with Crippen LogP contribution in [0.5, 0.6) is 0 Å². The molecule has 1 aliphatic rings. The molecule has 0 fully saturated rings. The number of amides is 1. The average molecular weight is 279 g/mol. The van der Waals surface area contributed by atoms with Gasteiger partial charge in [0.2, 0.25) is 5.91 Å². The van der Waals surface area contributed by atoms with Crippen LogP contribution in [0.3, 0.4) is 0 Å². The summed E-state index contributed by atoms with van der Waals surface area (Å²) in [6.07, 6.45) is 1.40. The van der Waals surface area contributed by atoms with Crippen molar-refractivity contribution in [1.29, 1.82) is 0 Å². The Labute approximate surface area is 123 Å². The van der Waals surface area contributed by atoms with Gasteiger partial charge in [-0.05, 0) is 16.7 Å². The van der Waals surface area contributed by atoms with Crippen molar-refractivity contribution >= 4 is 11.5 Å². The van der Waals surface area contributed by atoms with Crippen LogP contribution in [-0.4, -0.2) is 17.1 Å². The molecular formula is C18H17NO2. The summed E-state index contributed by atoms with van der Waals surface area (Å²) in [5.74, 6) is -0.521. The summed E-state index contributed by atoms with van der Waals surface area (Å²) in [5, 5.41) is 10.5. The number of hydrogen-bond acceptors (Lipinski definition) is 2. The van der Waals surface area contributed by atoms with Crippen LogP contribution in [-0.2, 0) is 10.2 Å². The van der Waals surface area contributed by atoms with Crippen molar-refractivity contribution in [3.8, 4) is 0 Å². The number of carbonyl (C=O) groups excluding carboxylic acids is 1. The fourth-order valence-corrected chi connectivity index (χ4v) is 3.02. The summed E-state index contributed by atoms with van der Waals surface area (Å²) in [7, 11) is 0. The normalized spacial score (nSPS) is 24.6. The smallest absolute Gasteiger partial charge is 0.234 e. The van der Waals surface area contributed by atoms with Crippen molar-refractivity contribution in [2.24, 2.45) is 5.73 Å². The van der Waals surface area contributed by atoms with Gasteiger partial charge in [-0.3, -0.25) is 4.79 Å². The van der Waals surface area contributed by atoms with E-state index in [1.807, 2.05) is 66.7 Å². The van der Waals surface area contributed by atoms with E-state index in [0.29, 0.717) is 6.42 Å². The van der Waals surface area contributed by atoms with E-state index in [-0.39, 0.29) is 0 Å². The molecule has 2 aromatic rings. The highest BCUT2D eigenvalue weighted by Crippen LogP contribution is 2.42. The lowest BCUT2D eigenvalue weighted by Crippen LogP contribution is -2.46. The summed E-state index contributed by atoms with van der Waals surface area (Å²) in [6.45, 7) is 0. The first-order valence-electron chi connectivity index (χ1n) is 6.95. The predicted octanol–water partition coefficient (Wildman–Crippen LogP) is 2.26. The monoisotopic (exact) mass is 279 g/mol. The molecular weight excluding hydrogens is 262 g/mol. The van der Waals surface area contributed by atoms with Gasteiger partial charge in [-0.15, -0.1) is 0 Å². The largest absolute Gasteiger partial charge is 0.391 e. The van der Waals surface area contributed by atoms with Gasteiger partial charge >= 0.3 is 0 Å². The van der Waals surface area contributed by atoms with Crippen molar-refractivity contribution in [3.05, 3.63) is 77.9 Å². The molecule has 0 aliphatic heterocycles. The van der Waals surface area contributed by atoms with Gasteiger partial charge in [-0.2, -0.15) is 0 Å². The lowest BCUT2D eigenvalue weighted by atomic mass is 9.77. The summed E-state index contributed by atoms with van der Waals surface area (Å²) >= 11 is 0. The summed E-state index contributed by atoms with van der Waals surface area (Å²) in [4.78, 5) is 12.1. The topological polar surface area (TPSA) is 63.3 Å². The van der Waals surface area contributed by atoms with Gasteiger partial charge in [0.25, 0.3) is 0 Å². The molecule has 3 nitrogen and oxygen atoms in total. The second kappa shape index (κ2) is 5.19. The van der Waals surface area contributed by atoms with E-state index in [2.05, 4.69) is 0 Å². The van der Waals surface area contributed by atoms with Gasteiger partial charge in [-0.1, -0.05) is 66.7 Å². The fourth-order valence-electron chi connectivity index (χ4n) is 3.02. The molecule has 3 heteroatoms. The number of rotatable bonds is 3.